The van der Waals surface area contributed by atoms with Crippen molar-refractivity contribution in [1.29, 1.82) is 0 Å². The molecule has 0 spiro atoms. The van der Waals surface area contributed by atoms with Crippen LogP contribution < -0.4 is 5.32 Å². The number of aliphatic hydroxyl groups is 1. The Morgan fingerprint density at radius 2 is 2.15 bits per heavy atom. The highest BCUT2D eigenvalue weighted by Gasteiger charge is 2.18. The summed E-state index contributed by atoms with van der Waals surface area (Å²) in [6.07, 6.45) is 0. The quantitative estimate of drug-likeness (QED) is 0.876. The van der Waals surface area contributed by atoms with Crippen LogP contribution in [0.2, 0.25) is 5.02 Å². The third-order valence-corrected chi connectivity index (χ3v) is 4.08. The number of thioether (sulfide) groups is 1. The second kappa shape index (κ2) is 7.29. The van der Waals surface area contributed by atoms with Gasteiger partial charge in [-0.2, -0.15) is 0 Å². The van der Waals surface area contributed by atoms with Crippen molar-refractivity contribution in [2.75, 3.05) is 12.4 Å². The molecule has 1 rings (SSSR count). The van der Waals surface area contributed by atoms with Crippen LogP contribution >= 0.6 is 23.4 Å². The fraction of sp³-hybridized carbons (Fsp3) is 0.500. The van der Waals surface area contributed by atoms with Gasteiger partial charge in [-0.3, -0.25) is 4.79 Å². The summed E-state index contributed by atoms with van der Waals surface area (Å²) in [5, 5.41) is 12.0. The Hall–Kier alpha value is -0.780. The van der Waals surface area contributed by atoms with Gasteiger partial charge in [-0.05, 0) is 17.7 Å². The van der Waals surface area contributed by atoms with Crippen molar-refractivity contribution in [1.82, 2.24) is 5.32 Å². The molecule has 20 heavy (non-hydrogen) atoms. The number of amides is 1. The first-order valence-electron chi connectivity index (χ1n) is 6.22. The van der Waals surface area contributed by atoms with Gasteiger partial charge >= 0.3 is 0 Å². The Morgan fingerprint density at radius 1 is 1.50 bits per heavy atom. The van der Waals surface area contributed by atoms with Gasteiger partial charge in [0, 0.05) is 4.75 Å². The van der Waals surface area contributed by atoms with E-state index in [-0.39, 0.29) is 28.0 Å². The number of carbonyl (C=O) groups is 1. The van der Waals surface area contributed by atoms with Crippen LogP contribution in [0.1, 0.15) is 32.4 Å². The molecule has 0 saturated heterocycles. The van der Waals surface area contributed by atoms with Gasteiger partial charge in [0.25, 0.3) is 0 Å². The van der Waals surface area contributed by atoms with E-state index in [0.29, 0.717) is 5.56 Å². The molecule has 1 amide bonds. The molecule has 0 fully saturated rings. The second-order valence-corrected chi connectivity index (χ2v) is 7.59. The highest BCUT2D eigenvalue weighted by atomic mass is 35.5. The number of hydrogen-bond donors (Lipinski definition) is 2. The predicted molar refractivity (Wildman–Crippen MR) is 81.6 cm³/mol. The maximum Gasteiger partial charge on any atom is 0.230 e. The van der Waals surface area contributed by atoms with Crippen molar-refractivity contribution in [3.8, 4) is 0 Å². The van der Waals surface area contributed by atoms with E-state index in [9.17, 15) is 14.3 Å². The van der Waals surface area contributed by atoms with E-state index in [1.165, 1.54) is 23.9 Å². The second-order valence-electron chi connectivity index (χ2n) is 5.38. The number of rotatable bonds is 5. The Morgan fingerprint density at radius 3 is 2.65 bits per heavy atom. The molecule has 1 aromatic rings. The zero-order chi connectivity index (χ0) is 15.3. The molecular weight excluding hydrogens is 301 g/mol. The van der Waals surface area contributed by atoms with Crippen molar-refractivity contribution < 1.29 is 14.3 Å². The van der Waals surface area contributed by atoms with Crippen LogP contribution in [-0.2, 0) is 4.79 Å². The third kappa shape index (κ3) is 5.69. The number of benzene rings is 1. The third-order valence-electron chi connectivity index (χ3n) is 2.50. The number of nitrogens with one attached hydrogen (secondary N) is 1. The van der Waals surface area contributed by atoms with Crippen LogP contribution in [0.4, 0.5) is 4.39 Å². The number of carbonyl (C=O) groups excluding carboxylic acids is 1. The highest BCUT2D eigenvalue weighted by molar-refractivity contribution is 8.01. The number of halogens is 2. The monoisotopic (exact) mass is 319 g/mol. The lowest BCUT2D eigenvalue weighted by Gasteiger charge is -2.20. The summed E-state index contributed by atoms with van der Waals surface area (Å²) >= 11 is 7.11. The van der Waals surface area contributed by atoms with Gasteiger partial charge in [0.1, 0.15) is 5.82 Å². The van der Waals surface area contributed by atoms with Gasteiger partial charge in [-0.15, -0.1) is 11.8 Å². The molecule has 112 valence electrons. The molecule has 0 aliphatic heterocycles. The van der Waals surface area contributed by atoms with Gasteiger partial charge < -0.3 is 10.4 Å². The minimum Gasteiger partial charge on any atom is -0.394 e. The topological polar surface area (TPSA) is 49.3 Å². The van der Waals surface area contributed by atoms with E-state index in [4.69, 9.17) is 11.6 Å². The van der Waals surface area contributed by atoms with Gasteiger partial charge in [0.15, 0.2) is 0 Å². The zero-order valence-electron chi connectivity index (χ0n) is 11.7. The minimum atomic E-state index is -0.630. The van der Waals surface area contributed by atoms with Crippen molar-refractivity contribution in [3.63, 3.8) is 0 Å². The van der Waals surface area contributed by atoms with Crippen molar-refractivity contribution in [2.24, 2.45) is 0 Å². The van der Waals surface area contributed by atoms with Gasteiger partial charge in [-0.1, -0.05) is 38.4 Å². The molecule has 1 aromatic carbocycles. The summed E-state index contributed by atoms with van der Waals surface area (Å²) in [5.41, 5.74) is 0.489. The molecule has 3 nitrogen and oxygen atoms in total. The minimum absolute atomic E-state index is 0.0139. The summed E-state index contributed by atoms with van der Waals surface area (Å²) in [7, 11) is 0. The van der Waals surface area contributed by atoms with E-state index >= 15 is 0 Å². The smallest absolute Gasteiger partial charge is 0.230 e. The van der Waals surface area contributed by atoms with Gasteiger partial charge in [0.05, 0.1) is 23.4 Å². The first kappa shape index (κ1) is 17.3. The van der Waals surface area contributed by atoms with Gasteiger partial charge in [-0.25, -0.2) is 4.39 Å². The number of aliphatic hydroxyl groups excluding tert-OH is 1. The lowest BCUT2D eigenvalue weighted by molar-refractivity contribution is -0.119. The van der Waals surface area contributed by atoms with E-state index < -0.39 is 11.9 Å². The molecule has 2 N–H and O–H groups in total. The molecule has 0 bridgehead atoms. The van der Waals surface area contributed by atoms with E-state index in [0.717, 1.165) is 0 Å². The predicted octanol–water partition coefficient (Wildman–Crippen LogP) is 3.16. The Labute approximate surface area is 127 Å². The van der Waals surface area contributed by atoms with E-state index in [1.807, 2.05) is 20.8 Å². The number of hydrogen-bond acceptors (Lipinski definition) is 3. The van der Waals surface area contributed by atoms with Crippen LogP contribution in [0.25, 0.3) is 0 Å². The van der Waals surface area contributed by atoms with Crippen molar-refractivity contribution in [3.05, 3.63) is 34.6 Å². The first-order valence-corrected chi connectivity index (χ1v) is 7.58. The Bertz CT molecular complexity index is 477. The van der Waals surface area contributed by atoms with Crippen LogP contribution in [0.15, 0.2) is 18.2 Å². The molecule has 0 aliphatic rings. The molecule has 6 heteroatoms. The van der Waals surface area contributed by atoms with Gasteiger partial charge in [0.2, 0.25) is 5.91 Å². The zero-order valence-corrected chi connectivity index (χ0v) is 13.3. The first-order chi connectivity index (χ1) is 9.23. The summed E-state index contributed by atoms with van der Waals surface area (Å²) in [5.74, 6) is -0.476. The Balaban J connectivity index is 2.67. The Kier molecular flexibility index (Phi) is 6.30. The highest BCUT2D eigenvalue weighted by Crippen LogP contribution is 2.23. The maximum atomic E-state index is 13.4. The van der Waals surface area contributed by atoms with Crippen molar-refractivity contribution >= 4 is 29.3 Å². The molecule has 0 aliphatic carbocycles. The lowest BCUT2D eigenvalue weighted by atomic mass is 10.1. The average molecular weight is 320 g/mol. The normalized spacial score (nSPS) is 13.1. The molecule has 0 saturated carbocycles. The van der Waals surface area contributed by atoms with Crippen molar-refractivity contribution in [2.45, 2.75) is 31.6 Å². The SMILES string of the molecule is CC(C)(C)SCC(=O)NC(CO)c1ccc(Cl)c(F)c1. The van der Waals surface area contributed by atoms with Crippen LogP contribution in [0.3, 0.4) is 0 Å². The lowest BCUT2D eigenvalue weighted by Crippen LogP contribution is -2.33. The summed E-state index contributed by atoms with van der Waals surface area (Å²) in [6.45, 7) is 5.75. The molecule has 0 radical (unpaired) electrons. The fourth-order valence-corrected chi connectivity index (χ4v) is 2.25. The van der Waals surface area contributed by atoms with E-state index in [2.05, 4.69) is 5.32 Å². The molecule has 0 heterocycles. The van der Waals surface area contributed by atoms with E-state index in [1.54, 1.807) is 6.07 Å². The van der Waals surface area contributed by atoms with Crippen LogP contribution in [0.5, 0.6) is 0 Å². The molecule has 0 aromatic heterocycles. The molecule has 1 atom stereocenters. The summed E-state index contributed by atoms with van der Waals surface area (Å²) in [6, 6.07) is 3.59. The average Bonchev–Trinajstić information content (AvgIpc) is 2.36. The fourth-order valence-electron chi connectivity index (χ4n) is 1.48. The molecule has 1 unspecified atom stereocenters. The molecular formula is C14H19ClFNO2S. The summed E-state index contributed by atoms with van der Waals surface area (Å²) < 4.78 is 13.4. The largest absolute Gasteiger partial charge is 0.394 e. The standard InChI is InChI=1S/C14H19ClFNO2S/c1-14(2,3)20-8-13(19)17-12(7-18)9-4-5-10(15)11(16)6-9/h4-6,12,18H,7-8H2,1-3H3,(H,17,19). The summed E-state index contributed by atoms with van der Waals surface area (Å²) in [4.78, 5) is 11.8. The van der Waals surface area contributed by atoms with Crippen LogP contribution in [-0.4, -0.2) is 28.1 Å². The maximum absolute atomic E-state index is 13.4. The van der Waals surface area contributed by atoms with Crippen LogP contribution in [0, 0.1) is 5.82 Å².